The number of alkyl halides is 4. The van der Waals surface area contributed by atoms with Crippen LogP contribution in [0.15, 0.2) is 6.20 Å². The summed E-state index contributed by atoms with van der Waals surface area (Å²) < 4.78 is 36.8. The summed E-state index contributed by atoms with van der Waals surface area (Å²) in [7, 11) is 0. The molecule has 1 atom stereocenters. The molecule has 0 fully saturated rings. The van der Waals surface area contributed by atoms with Gasteiger partial charge in [-0.15, -0.1) is 5.10 Å². The van der Waals surface area contributed by atoms with Crippen LogP contribution in [0, 0.1) is 0 Å². The lowest BCUT2D eigenvalue weighted by molar-refractivity contribution is -0.0328. The fourth-order valence-electron chi connectivity index (χ4n) is 0.860. The highest BCUT2D eigenvalue weighted by atomic mass is 79.9. The molecule has 0 saturated carbocycles. The number of aromatic nitrogens is 3. The van der Waals surface area contributed by atoms with Gasteiger partial charge in [-0.1, -0.05) is 21.1 Å². The molecular weight excluding hydrogens is 295 g/mol. The first-order valence-electron chi connectivity index (χ1n) is 4.13. The highest BCUT2D eigenvalue weighted by Gasteiger charge is 2.27. The lowest BCUT2D eigenvalue weighted by atomic mass is 10.4. The minimum Gasteiger partial charge on any atom is -0.251 e. The Morgan fingerprint density at radius 3 is 2.73 bits per heavy atom. The van der Waals surface area contributed by atoms with Crippen LogP contribution in [0.25, 0.3) is 0 Å². The monoisotopic (exact) mass is 303 g/mol. The summed E-state index contributed by atoms with van der Waals surface area (Å²) in [5, 5.41) is 7.52. The molecule has 0 aliphatic rings. The van der Waals surface area contributed by atoms with E-state index in [-0.39, 0.29) is 28.9 Å². The Hall–Kier alpha value is -0.240. The van der Waals surface area contributed by atoms with Gasteiger partial charge < -0.3 is 0 Å². The van der Waals surface area contributed by atoms with Crippen molar-refractivity contribution in [3.63, 3.8) is 0 Å². The summed E-state index contributed by atoms with van der Waals surface area (Å²) in [5.74, 6) is -0.0526. The maximum Gasteiger partial charge on any atom is 0.441 e. The molecule has 1 unspecified atom stereocenters. The largest absolute Gasteiger partial charge is 0.441 e. The molecule has 0 spiro atoms. The van der Waals surface area contributed by atoms with Gasteiger partial charge in [0.05, 0.1) is 17.1 Å². The Labute approximate surface area is 97.5 Å². The topological polar surface area (TPSA) is 30.7 Å². The van der Waals surface area contributed by atoms with E-state index < -0.39 is 5.51 Å². The second-order valence-corrected chi connectivity index (χ2v) is 5.35. The zero-order valence-corrected chi connectivity index (χ0v) is 10.2. The van der Waals surface area contributed by atoms with E-state index in [1.165, 1.54) is 4.68 Å². The SMILES string of the molecule is CC(Br)c1cn(CCSC(F)(F)F)nn1. The molecule has 0 bridgehead atoms. The normalized spacial score (nSPS) is 14.2. The summed E-state index contributed by atoms with van der Waals surface area (Å²) in [4.78, 5) is 0.0570. The second-order valence-electron chi connectivity index (χ2n) is 2.82. The Balaban J connectivity index is 2.38. The van der Waals surface area contributed by atoms with Gasteiger partial charge in [0.2, 0.25) is 0 Å². The van der Waals surface area contributed by atoms with Gasteiger partial charge >= 0.3 is 5.51 Å². The predicted octanol–water partition coefficient (Wildman–Crippen LogP) is 2.99. The van der Waals surface area contributed by atoms with Crippen molar-refractivity contribution in [1.29, 1.82) is 0 Å². The molecule has 1 heterocycles. The molecule has 0 aromatic carbocycles. The molecule has 0 amide bonds. The van der Waals surface area contributed by atoms with Crippen molar-refractivity contribution in [2.45, 2.75) is 23.8 Å². The van der Waals surface area contributed by atoms with E-state index in [1.807, 2.05) is 6.92 Å². The van der Waals surface area contributed by atoms with Gasteiger partial charge in [-0.05, 0) is 18.7 Å². The molecule has 8 heteroatoms. The van der Waals surface area contributed by atoms with Gasteiger partial charge in [0.25, 0.3) is 0 Å². The van der Waals surface area contributed by atoms with Crippen molar-refractivity contribution in [3.8, 4) is 0 Å². The van der Waals surface area contributed by atoms with Crippen LogP contribution in [0.1, 0.15) is 17.4 Å². The third-order valence-electron chi connectivity index (χ3n) is 1.55. The number of aryl methyl sites for hydroxylation is 1. The zero-order chi connectivity index (χ0) is 11.5. The molecular formula is C7H9BrF3N3S. The van der Waals surface area contributed by atoms with E-state index in [9.17, 15) is 13.2 Å². The minimum absolute atomic E-state index is 0.0526. The van der Waals surface area contributed by atoms with Crippen molar-refractivity contribution in [2.24, 2.45) is 0 Å². The molecule has 1 aromatic heterocycles. The summed E-state index contributed by atoms with van der Waals surface area (Å²) >= 11 is 3.24. The molecule has 0 radical (unpaired) electrons. The maximum atomic E-state index is 11.8. The first kappa shape index (κ1) is 12.8. The van der Waals surface area contributed by atoms with Crippen LogP contribution in [-0.2, 0) is 6.54 Å². The highest BCUT2D eigenvalue weighted by Crippen LogP contribution is 2.30. The number of thioether (sulfide) groups is 1. The molecule has 15 heavy (non-hydrogen) atoms. The second kappa shape index (κ2) is 5.20. The summed E-state index contributed by atoms with van der Waals surface area (Å²) in [6.45, 7) is 2.08. The van der Waals surface area contributed by atoms with Crippen molar-refractivity contribution in [3.05, 3.63) is 11.9 Å². The van der Waals surface area contributed by atoms with Gasteiger partial charge in [0, 0.05) is 11.9 Å². The van der Waals surface area contributed by atoms with E-state index in [0.29, 0.717) is 5.69 Å². The van der Waals surface area contributed by atoms with Crippen molar-refractivity contribution in [2.75, 3.05) is 5.75 Å². The lowest BCUT2D eigenvalue weighted by Gasteiger charge is -2.04. The number of hydrogen-bond acceptors (Lipinski definition) is 3. The lowest BCUT2D eigenvalue weighted by Crippen LogP contribution is -2.07. The number of halogens is 4. The summed E-state index contributed by atoms with van der Waals surface area (Å²) in [6, 6.07) is 0. The van der Waals surface area contributed by atoms with Gasteiger partial charge in [0.1, 0.15) is 0 Å². The van der Waals surface area contributed by atoms with Crippen LogP contribution >= 0.6 is 27.7 Å². The Bertz CT molecular complexity index is 313. The molecule has 3 nitrogen and oxygen atoms in total. The molecule has 0 aliphatic carbocycles. The van der Waals surface area contributed by atoms with Crippen LogP contribution < -0.4 is 0 Å². The Kier molecular flexibility index (Phi) is 4.45. The van der Waals surface area contributed by atoms with Crippen LogP contribution in [0.5, 0.6) is 0 Å². The summed E-state index contributed by atoms with van der Waals surface area (Å²) in [6.07, 6.45) is 1.64. The quantitative estimate of drug-likeness (QED) is 0.801. The van der Waals surface area contributed by atoms with Crippen LogP contribution in [0.4, 0.5) is 13.2 Å². The number of nitrogens with zero attached hydrogens (tertiary/aromatic N) is 3. The first-order chi connectivity index (χ1) is 6.88. The predicted molar refractivity (Wildman–Crippen MR) is 55.9 cm³/mol. The molecule has 86 valence electrons. The maximum absolute atomic E-state index is 11.8. The smallest absolute Gasteiger partial charge is 0.251 e. The number of hydrogen-bond donors (Lipinski definition) is 0. The van der Waals surface area contributed by atoms with Crippen LogP contribution in [0.2, 0.25) is 0 Å². The molecule has 1 rings (SSSR count). The fraction of sp³-hybridized carbons (Fsp3) is 0.714. The van der Waals surface area contributed by atoms with E-state index in [1.54, 1.807) is 6.20 Å². The third-order valence-corrected chi connectivity index (χ3v) is 2.73. The van der Waals surface area contributed by atoms with E-state index in [2.05, 4.69) is 26.2 Å². The molecule has 1 aromatic rings. The first-order valence-corrected chi connectivity index (χ1v) is 6.03. The molecule has 0 N–H and O–H groups in total. The van der Waals surface area contributed by atoms with E-state index in [0.717, 1.165) is 0 Å². The van der Waals surface area contributed by atoms with Crippen molar-refractivity contribution in [1.82, 2.24) is 15.0 Å². The van der Waals surface area contributed by atoms with Gasteiger partial charge in [0.15, 0.2) is 0 Å². The van der Waals surface area contributed by atoms with Crippen molar-refractivity contribution >= 4 is 27.7 Å². The Morgan fingerprint density at radius 1 is 1.60 bits per heavy atom. The van der Waals surface area contributed by atoms with Gasteiger partial charge in [-0.2, -0.15) is 13.2 Å². The van der Waals surface area contributed by atoms with E-state index >= 15 is 0 Å². The average molecular weight is 304 g/mol. The summed E-state index contributed by atoms with van der Waals surface area (Å²) in [5.41, 5.74) is -3.46. The van der Waals surface area contributed by atoms with Crippen LogP contribution in [-0.4, -0.2) is 26.3 Å². The average Bonchev–Trinajstić information content (AvgIpc) is 2.50. The van der Waals surface area contributed by atoms with E-state index in [4.69, 9.17) is 0 Å². The van der Waals surface area contributed by atoms with Crippen LogP contribution in [0.3, 0.4) is 0 Å². The standard InChI is InChI=1S/C7H9BrF3N3S/c1-5(8)6-4-14(13-12-6)2-3-15-7(9,10)11/h4-5H,2-3H2,1H3. The molecule has 0 saturated heterocycles. The van der Waals surface area contributed by atoms with Gasteiger partial charge in [-0.25, -0.2) is 0 Å². The number of rotatable bonds is 4. The minimum atomic E-state index is -4.17. The third kappa shape index (κ3) is 4.87. The zero-order valence-electron chi connectivity index (χ0n) is 7.83. The Morgan fingerprint density at radius 2 is 2.27 bits per heavy atom. The fourth-order valence-corrected chi connectivity index (χ4v) is 1.58. The highest BCUT2D eigenvalue weighted by molar-refractivity contribution is 9.09. The molecule has 0 aliphatic heterocycles. The van der Waals surface area contributed by atoms with Gasteiger partial charge in [-0.3, -0.25) is 4.68 Å². The van der Waals surface area contributed by atoms with Crippen molar-refractivity contribution < 1.29 is 13.2 Å².